The van der Waals surface area contributed by atoms with Gasteiger partial charge in [0.15, 0.2) is 0 Å². The molecule has 1 atom stereocenters. The molecule has 21 heavy (non-hydrogen) atoms. The predicted octanol–water partition coefficient (Wildman–Crippen LogP) is 1.19. The lowest BCUT2D eigenvalue weighted by molar-refractivity contribution is -0.117. The van der Waals surface area contributed by atoms with Crippen molar-refractivity contribution in [3.63, 3.8) is 0 Å². The first kappa shape index (κ1) is 13.8. The average molecular weight is 286 g/mol. The maximum absolute atomic E-state index is 12.2. The van der Waals surface area contributed by atoms with E-state index in [1.165, 1.54) is 0 Å². The Morgan fingerprint density at radius 1 is 1.43 bits per heavy atom. The highest BCUT2D eigenvalue weighted by Gasteiger charge is 2.17. The van der Waals surface area contributed by atoms with E-state index in [-0.39, 0.29) is 11.9 Å². The van der Waals surface area contributed by atoms with E-state index in [9.17, 15) is 4.79 Å². The van der Waals surface area contributed by atoms with Crippen molar-refractivity contribution >= 4 is 11.6 Å². The predicted molar refractivity (Wildman–Crippen MR) is 79.4 cm³/mol. The quantitative estimate of drug-likeness (QED) is 0.886. The Morgan fingerprint density at radius 3 is 3.10 bits per heavy atom. The van der Waals surface area contributed by atoms with Crippen molar-refractivity contribution in [2.45, 2.75) is 12.5 Å². The fourth-order valence-corrected chi connectivity index (χ4v) is 2.37. The van der Waals surface area contributed by atoms with Crippen LogP contribution in [0.4, 0.5) is 5.69 Å². The summed E-state index contributed by atoms with van der Waals surface area (Å²) < 4.78 is 7.09. The molecule has 1 unspecified atom stereocenters. The van der Waals surface area contributed by atoms with Crippen molar-refractivity contribution in [3.05, 3.63) is 42.7 Å². The lowest BCUT2D eigenvalue weighted by atomic mass is 10.2. The molecular weight excluding hydrogens is 268 g/mol. The summed E-state index contributed by atoms with van der Waals surface area (Å²) in [5.41, 5.74) is 1.60. The maximum Gasteiger partial charge on any atom is 0.226 e. The number of carbonyl (C=O) groups excluding carboxylic acids is 1. The van der Waals surface area contributed by atoms with E-state index in [1.807, 2.05) is 36.5 Å². The van der Waals surface area contributed by atoms with Gasteiger partial charge in [-0.2, -0.15) is 5.10 Å². The fraction of sp³-hybridized carbons (Fsp3) is 0.333. The standard InChI is InChI=1S/C15H18N4O2/c20-15(10-12-11-21-9-7-16-12)18-13-4-1-2-5-14(13)19-8-3-6-17-19/h1-6,8,12,16H,7,9-11H2,(H,18,20). The molecular formula is C15H18N4O2. The minimum atomic E-state index is -0.0300. The largest absolute Gasteiger partial charge is 0.378 e. The van der Waals surface area contributed by atoms with E-state index in [0.717, 1.165) is 17.9 Å². The van der Waals surface area contributed by atoms with Crippen LogP contribution in [0.15, 0.2) is 42.7 Å². The maximum atomic E-state index is 12.2. The first-order chi connectivity index (χ1) is 10.3. The van der Waals surface area contributed by atoms with Crippen molar-refractivity contribution in [1.82, 2.24) is 15.1 Å². The number of hydrogen-bond acceptors (Lipinski definition) is 4. The van der Waals surface area contributed by atoms with Crippen LogP contribution in [0.25, 0.3) is 5.69 Å². The van der Waals surface area contributed by atoms with Gasteiger partial charge >= 0.3 is 0 Å². The third-order valence-electron chi connectivity index (χ3n) is 3.36. The number of benzene rings is 1. The van der Waals surface area contributed by atoms with Crippen LogP contribution in [-0.2, 0) is 9.53 Å². The third kappa shape index (κ3) is 3.48. The second-order valence-corrected chi connectivity index (χ2v) is 4.95. The second kappa shape index (κ2) is 6.51. The topological polar surface area (TPSA) is 68.2 Å². The number of hydrogen-bond donors (Lipinski definition) is 2. The Morgan fingerprint density at radius 2 is 2.33 bits per heavy atom. The molecule has 3 rings (SSSR count). The minimum Gasteiger partial charge on any atom is -0.378 e. The van der Waals surface area contributed by atoms with Crippen LogP contribution in [-0.4, -0.2) is 41.5 Å². The van der Waals surface area contributed by atoms with Crippen LogP contribution in [0.2, 0.25) is 0 Å². The highest BCUT2D eigenvalue weighted by atomic mass is 16.5. The van der Waals surface area contributed by atoms with Crippen molar-refractivity contribution in [2.24, 2.45) is 0 Å². The van der Waals surface area contributed by atoms with Crippen LogP contribution >= 0.6 is 0 Å². The molecule has 6 heteroatoms. The molecule has 2 aromatic rings. The monoisotopic (exact) mass is 286 g/mol. The molecule has 1 amide bonds. The molecule has 1 aliphatic rings. The lowest BCUT2D eigenvalue weighted by Crippen LogP contribution is -2.43. The van der Waals surface area contributed by atoms with Crippen molar-refractivity contribution in [1.29, 1.82) is 0 Å². The molecule has 0 aliphatic carbocycles. The summed E-state index contributed by atoms with van der Waals surface area (Å²) in [7, 11) is 0. The van der Waals surface area contributed by atoms with Gasteiger partial charge in [-0.05, 0) is 18.2 Å². The highest BCUT2D eigenvalue weighted by molar-refractivity contribution is 5.93. The van der Waals surface area contributed by atoms with Gasteiger partial charge in [-0.15, -0.1) is 0 Å². The number of nitrogens with one attached hydrogen (secondary N) is 2. The fourth-order valence-electron chi connectivity index (χ4n) is 2.37. The van der Waals surface area contributed by atoms with Crippen molar-refractivity contribution in [3.8, 4) is 5.69 Å². The number of nitrogens with zero attached hydrogens (tertiary/aromatic N) is 2. The zero-order valence-corrected chi connectivity index (χ0v) is 11.7. The summed E-state index contributed by atoms with van der Waals surface area (Å²) in [5.74, 6) is -0.0300. The zero-order chi connectivity index (χ0) is 14.5. The minimum absolute atomic E-state index is 0.0300. The Bertz CT molecular complexity index is 591. The van der Waals surface area contributed by atoms with E-state index >= 15 is 0 Å². The molecule has 6 nitrogen and oxygen atoms in total. The third-order valence-corrected chi connectivity index (χ3v) is 3.36. The van der Waals surface area contributed by atoms with Crippen molar-refractivity contribution < 1.29 is 9.53 Å². The summed E-state index contributed by atoms with van der Waals surface area (Å²) in [5, 5.41) is 10.4. The first-order valence-corrected chi connectivity index (χ1v) is 7.03. The van der Waals surface area contributed by atoms with Gasteiger partial charge in [0.05, 0.1) is 24.6 Å². The molecule has 0 radical (unpaired) electrons. The number of morpholine rings is 1. The number of para-hydroxylation sites is 2. The molecule has 1 aromatic carbocycles. The number of carbonyl (C=O) groups is 1. The average Bonchev–Trinajstić information content (AvgIpc) is 3.03. The molecule has 0 bridgehead atoms. The van der Waals surface area contributed by atoms with Gasteiger partial charge in [0, 0.05) is 31.4 Å². The second-order valence-electron chi connectivity index (χ2n) is 4.95. The zero-order valence-electron chi connectivity index (χ0n) is 11.7. The SMILES string of the molecule is O=C(CC1COCCN1)Nc1ccccc1-n1cccn1. The van der Waals surface area contributed by atoms with Gasteiger partial charge < -0.3 is 15.4 Å². The number of anilines is 1. The van der Waals surface area contributed by atoms with Crippen LogP contribution in [0.1, 0.15) is 6.42 Å². The Balaban J connectivity index is 1.68. The summed E-state index contributed by atoms with van der Waals surface area (Å²) in [6.45, 7) is 2.08. The molecule has 110 valence electrons. The van der Waals surface area contributed by atoms with E-state index < -0.39 is 0 Å². The Kier molecular flexibility index (Phi) is 4.28. The van der Waals surface area contributed by atoms with Crippen LogP contribution < -0.4 is 10.6 Å². The van der Waals surface area contributed by atoms with Gasteiger partial charge in [-0.25, -0.2) is 4.68 Å². The number of ether oxygens (including phenoxy) is 1. The Hall–Kier alpha value is -2.18. The molecule has 2 heterocycles. The number of rotatable bonds is 4. The molecule has 1 saturated heterocycles. The van der Waals surface area contributed by atoms with E-state index in [1.54, 1.807) is 10.9 Å². The summed E-state index contributed by atoms with van der Waals surface area (Å²) in [6, 6.07) is 9.54. The van der Waals surface area contributed by atoms with E-state index in [0.29, 0.717) is 19.6 Å². The number of aromatic nitrogens is 2. The highest BCUT2D eigenvalue weighted by Crippen LogP contribution is 2.19. The molecule has 1 aliphatic heterocycles. The molecule has 1 aromatic heterocycles. The molecule has 2 N–H and O–H groups in total. The van der Waals surface area contributed by atoms with E-state index in [4.69, 9.17) is 4.74 Å². The van der Waals surface area contributed by atoms with Crippen LogP contribution in [0.3, 0.4) is 0 Å². The Labute approximate surface area is 123 Å². The van der Waals surface area contributed by atoms with Crippen molar-refractivity contribution in [2.75, 3.05) is 25.1 Å². The molecule has 0 spiro atoms. The van der Waals surface area contributed by atoms with Crippen LogP contribution in [0.5, 0.6) is 0 Å². The van der Waals surface area contributed by atoms with Crippen LogP contribution in [0, 0.1) is 0 Å². The summed E-state index contributed by atoms with van der Waals surface area (Å²) in [4.78, 5) is 12.2. The normalized spacial score (nSPS) is 18.4. The number of amides is 1. The first-order valence-electron chi connectivity index (χ1n) is 7.03. The van der Waals surface area contributed by atoms with Gasteiger partial charge in [0.1, 0.15) is 0 Å². The molecule has 1 fully saturated rings. The van der Waals surface area contributed by atoms with Gasteiger partial charge in [-0.3, -0.25) is 4.79 Å². The molecule has 0 saturated carbocycles. The summed E-state index contributed by atoms with van der Waals surface area (Å²) >= 11 is 0. The smallest absolute Gasteiger partial charge is 0.226 e. The van der Waals surface area contributed by atoms with Gasteiger partial charge in [-0.1, -0.05) is 12.1 Å². The van der Waals surface area contributed by atoms with Gasteiger partial charge in [0.25, 0.3) is 0 Å². The summed E-state index contributed by atoms with van der Waals surface area (Å²) in [6.07, 6.45) is 3.96. The van der Waals surface area contributed by atoms with Gasteiger partial charge in [0.2, 0.25) is 5.91 Å². The van der Waals surface area contributed by atoms with E-state index in [2.05, 4.69) is 15.7 Å². The lowest BCUT2D eigenvalue weighted by Gasteiger charge is -2.23.